The maximum absolute atomic E-state index is 12.4. The number of benzene rings is 6. The summed E-state index contributed by atoms with van der Waals surface area (Å²) in [5.74, 6) is -1.80. The lowest BCUT2D eigenvalue weighted by Crippen LogP contribution is -2.10. The lowest BCUT2D eigenvalue weighted by molar-refractivity contribution is -0.0957. The molecule has 0 aliphatic heterocycles. The third-order valence-corrected chi connectivity index (χ3v) is 6.80. The highest BCUT2D eigenvalue weighted by Crippen LogP contribution is 2.44. The molecule has 0 saturated heterocycles. The predicted octanol–water partition coefficient (Wildman–Crippen LogP) is 8.10. The standard InChI is InChI=1S/C34H22O6/c35-33(36)27-19-23-15-7-9-17-25(23)31(29(27)21-11-3-1-4-12-21)39-40-32-26-18-10-8-16-24(26)20-28(34(37)38)30(32)22-13-5-2-6-14-22/h1-20H,(H,35,36)(H,37,38). The van der Waals surface area contributed by atoms with Crippen LogP contribution < -0.4 is 9.78 Å². The summed E-state index contributed by atoms with van der Waals surface area (Å²) in [5, 5.41) is 22.9. The first-order valence-corrected chi connectivity index (χ1v) is 12.6. The minimum absolute atomic E-state index is 0.0518. The molecule has 2 N–H and O–H groups in total. The fraction of sp³-hybridized carbons (Fsp3) is 0. The first-order chi connectivity index (χ1) is 19.5. The van der Waals surface area contributed by atoms with Gasteiger partial charge in [0.15, 0.2) is 11.5 Å². The van der Waals surface area contributed by atoms with Crippen molar-refractivity contribution < 1.29 is 29.6 Å². The van der Waals surface area contributed by atoms with Crippen molar-refractivity contribution in [1.29, 1.82) is 0 Å². The van der Waals surface area contributed by atoms with Crippen molar-refractivity contribution in [2.24, 2.45) is 0 Å². The largest absolute Gasteiger partial charge is 0.478 e. The molecule has 0 unspecified atom stereocenters. The summed E-state index contributed by atoms with van der Waals surface area (Å²) in [7, 11) is 0. The second-order valence-corrected chi connectivity index (χ2v) is 9.21. The Balaban J connectivity index is 1.62. The second kappa shape index (κ2) is 10.3. The molecule has 0 aliphatic carbocycles. The Kier molecular flexibility index (Phi) is 6.34. The van der Waals surface area contributed by atoms with Crippen LogP contribution in [0.3, 0.4) is 0 Å². The van der Waals surface area contributed by atoms with Crippen molar-refractivity contribution in [3.05, 3.63) is 132 Å². The van der Waals surface area contributed by atoms with Gasteiger partial charge in [-0.3, -0.25) is 9.78 Å². The highest BCUT2D eigenvalue weighted by molar-refractivity contribution is 6.08. The number of carboxylic acids is 2. The molecule has 0 bridgehead atoms. The lowest BCUT2D eigenvalue weighted by Gasteiger charge is -2.19. The summed E-state index contributed by atoms with van der Waals surface area (Å²) >= 11 is 0. The molecule has 0 heterocycles. The molecule has 6 rings (SSSR count). The van der Waals surface area contributed by atoms with Crippen LogP contribution >= 0.6 is 0 Å². The Hall–Kier alpha value is -5.62. The zero-order chi connectivity index (χ0) is 27.6. The quantitative estimate of drug-likeness (QED) is 0.161. The molecule has 6 aromatic rings. The SMILES string of the molecule is O=C(O)c1cc2ccccc2c(OOc2c(-c3ccccc3)c(C(=O)O)cc3ccccc23)c1-c1ccccc1. The summed E-state index contributed by atoms with van der Waals surface area (Å²) in [6.45, 7) is 0. The van der Waals surface area contributed by atoms with Gasteiger partial charge < -0.3 is 10.2 Å². The van der Waals surface area contributed by atoms with Crippen LogP contribution in [0.4, 0.5) is 0 Å². The molecular weight excluding hydrogens is 504 g/mol. The van der Waals surface area contributed by atoms with Crippen molar-refractivity contribution in [3.63, 3.8) is 0 Å². The maximum Gasteiger partial charge on any atom is 0.336 e. The van der Waals surface area contributed by atoms with Crippen LogP contribution in [-0.4, -0.2) is 22.2 Å². The minimum atomic E-state index is -1.11. The number of aromatic carboxylic acids is 2. The van der Waals surface area contributed by atoms with Gasteiger partial charge in [0.1, 0.15) is 0 Å². The fourth-order valence-electron chi connectivity index (χ4n) is 5.01. The average Bonchev–Trinajstić information content (AvgIpc) is 2.99. The molecule has 0 spiro atoms. The van der Waals surface area contributed by atoms with E-state index in [1.54, 1.807) is 48.5 Å². The molecule has 6 heteroatoms. The van der Waals surface area contributed by atoms with Crippen molar-refractivity contribution in [2.75, 3.05) is 0 Å². The zero-order valence-electron chi connectivity index (χ0n) is 21.1. The van der Waals surface area contributed by atoms with E-state index in [9.17, 15) is 19.8 Å². The van der Waals surface area contributed by atoms with E-state index in [0.717, 1.165) is 0 Å². The van der Waals surface area contributed by atoms with Crippen LogP contribution in [0.25, 0.3) is 43.8 Å². The third-order valence-electron chi connectivity index (χ3n) is 6.80. The summed E-state index contributed by atoms with van der Waals surface area (Å²) in [5.41, 5.74) is 2.08. The second-order valence-electron chi connectivity index (χ2n) is 9.21. The van der Waals surface area contributed by atoms with Gasteiger partial charge in [-0.1, -0.05) is 109 Å². The number of carboxylic acid groups (broad SMARTS) is 2. The van der Waals surface area contributed by atoms with Crippen LogP contribution in [0.5, 0.6) is 11.5 Å². The lowest BCUT2D eigenvalue weighted by atomic mass is 9.94. The topological polar surface area (TPSA) is 93.1 Å². The Labute approximate surface area is 229 Å². The maximum atomic E-state index is 12.4. The van der Waals surface area contributed by atoms with Gasteiger partial charge in [0.2, 0.25) is 0 Å². The Morgan fingerprint density at radius 3 is 1.20 bits per heavy atom. The fourth-order valence-corrected chi connectivity index (χ4v) is 5.01. The first kappa shape index (κ1) is 24.7. The third kappa shape index (κ3) is 4.37. The predicted molar refractivity (Wildman–Crippen MR) is 154 cm³/mol. The van der Waals surface area contributed by atoms with Crippen molar-refractivity contribution >= 4 is 33.5 Å². The van der Waals surface area contributed by atoms with E-state index in [2.05, 4.69) is 0 Å². The van der Waals surface area contributed by atoms with Crippen molar-refractivity contribution in [1.82, 2.24) is 0 Å². The number of carbonyl (C=O) groups is 2. The van der Waals surface area contributed by atoms with E-state index in [0.29, 0.717) is 43.8 Å². The normalized spacial score (nSPS) is 10.9. The molecule has 6 nitrogen and oxygen atoms in total. The highest BCUT2D eigenvalue weighted by atomic mass is 17.2. The molecule has 0 atom stereocenters. The first-order valence-electron chi connectivity index (χ1n) is 12.6. The van der Waals surface area contributed by atoms with Gasteiger partial charge >= 0.3 is 11.9 Å². The molecule has 6 aromatic carbocycles. The van der Waals surface area contributed by atoms with Crippen molar-refractivity contribution in [3.8, 4) is 33.8 Å². The monoisotopic (exact) mass is 526 g/mol. The Bertz CT molecular complexity index is 1750. The van der Waals surface area contributed by atoms with Gasteiger partial charge in [-0.2, -0.15) is 0 Å². The Morgan fingerprint density at radius 2 is 0.825 bits per heavy atom. The minimum Gasteiger partial charge on any atom is -0.478 e. The molecule has 194 valence electrons. The molecule has 0 radical (unpaired) electrons. The van der Waals surface area contributed by atoms with Crippen LogP contribution in [0, 0.1) is 0 Å². The van der Waals surface area contributed by atoms with E-state index in [4.69, 9.17) is 9.78 Å². The number of fused-ring (bicyclic) bond motifs is 2. The van der Waals surface area contributed by atoms with Gasteiger partial charge in [-0.05, 0) is 34.0 Å². The number of hydrogen-bond donors (Lipinski definition) is 2. The molecular formula is C34H22O6. The van der Waals surface area contributed by atoms with E-state index in [-0.39, 0.29) is 22.6 Å². The van der Waals surface area contributed by atoms with E-state index < -0.39 is 11.9 Å². The van der Waals surface area contributed by atoms with Gasteiger partial charge in [0, 0.05) is 21.9 Å². The van der Waals surface area contributed by atoms with Gasteiger partial charge in [0.05, 0.1) is 11.1 Å². The molecule has 40 heavy (non-hydrogen) atoms. The summed E-state index contributed by atoms with van der Waals surface area (Å²) in [6.07, 6.45) is 0. The molecule has 0 aliphatic rings. The van der Waals surface area contributed by atoms with Crippen molar-refractivity contribution in [2.45, 2.75) is 0 Å². The number of rotatable bonds is 7. The molecule has 0 fully saturated rings. The number of hydrogen-bond acceptors (Lipinski definition) is 4. The molecule has 0 aromatic heterocycles. The summed E-state index contributed by atoms with van der Waals surface area (Å²) < 4.78 is 0. The zero-order valence-corrected chi connectivity index (χ0v) is 21.1. The summed E-state index contributed by atoms with van der Waals surface area (Å²) in [4.78, 5) is 37.1. The van der Waals surface area contributed by atoms with E-state index in [1.807, 2.05) is 72.8 Å². The smallest absolute Gasteiger partial charge is 0.336 e. The Morgan fingerprint density at radius 1 is 0.475 bits per heavy atom. The van der Waals surface area contributed by atoms with Crippen LogP contribution in [0.2, 0.25) is 0 Å². The highest BCUT2D eigenvalue weighted by Gasteiger charge is 2.25. The van der Waals surface area contributed by atoms with Gasteiger partial charge in [-0.25, -0.2) is 9.59 Å². The van der Waals surface area contributed by atoms with E-state index >= 15 is 0 Å². The molecule has 0 saturated carbocycles. The van der Waals surface area contributed by atoms with Gasteiger partial charge in [0.25, 0.3) is 0 Å². The van der Waals surface area contributed by atoms with E-state index in [1.165, 1.54) is 0 Å². The molecule has 0 amide bonds. The average molecular weight is 527 g/mol. The van der Waals surface area contributed by atoms with Crippen LogP contribution in [0.15, 0.2) is 121 Å². The van der Waals surface area contributed by atoms with Gasteiger partial charge in [-0.15, -0.1) is 0 Å². The van der Waals surface area contributed by atoms with Crippen LogP contribution in [-0.2, 0) is 0 Å². The van der Waals surface area contributed by atoms with Crippen LogP contribution in [0.1, 0.15) is 20.7 Å². The summed E-state index contributed by atoms with van der Waals surface area (Å²) in [6, 6.07) is 36.0.